The van der Waals surface area contributed by atoms with Gasteiger partial charge in [-0.15, -0.1) is 5.10 Å². The standard InChI is InChI=1S/C12H11N7O/c1-8-16-17-18-19(8)11-4-2-3-10(5-11)15-12(20)9-6-13-14-7-9/h2-7H,1H3,(H,13,14)(H,15,20). The number of aryl methyl sites for hydroxylation is 1. The summed E-state index contributed by atoms with van der Waals surface area (Å²) < 4.78 is 1.59. The van der Waals surface area contributed by atoms with Crippen LogP contribution in [0.3, 0.4) is 0 Å². The van der Waals surface area contributed by atoms with E-state index in [1.807, 2.05) is 12.1 Å². The van der Waals surface area contributed by atoms with Crippen LogP contribution in [-0.4, -0.2) is 36.3 Å². The highest BCUT2D eigenvalue weighted by Crippen LogP contribution is 2.15. The number of amides is 1. The van der Waals surface area contributed by atoms with Crippen LogP contribution in [0.2, 0.25) is 0 Å². The Morgan fingerprint density at radius 1 is 1.40 bits per heavy atom. The molecule has 0 aliphatic carbocycles. The fourth-order valence-electron chi connectivity index (χ4n) is 1.76. The molecule has 0 aliphatic heterocycles. The number of aromatic amines is 1. The number of nitrogens with zero attached hydrogens (tertiary/aromatic N) is 5. The second-order valence-corrected chi connectivity index (χ2v) is 4.13. The van der Waals surface area contributed by atoms with E-state index in [9.17, 15) is 4.79 Å². The van der Waals surface area contributed by atoms with Crippen LogP contribution in [0.25, 0.3) is 5.69 Å². The molecular weight excluding hydrogens is 258 g/mol. The molecule has 0 atom stereocenters. The van der Waals surface area contributed by atoms with Gasteiger partial charge < -0.3 is 5.32 Å². The zero-order valence-electron chi connectivity index (χ0n) is 10.6. The van der Waals surface area contributed by atoms with E-state index in [2.05, 4.69) is 31.0 Å². The topological polar surface area (TPSA) is 101 Å². The largest absolute Gasteiger partial charge is 0.322 e. The first kappa shape index (κ1) is 12.0. The summed E-state index contributed by atoms with van der Waals surface area (Å²) in [6.45, 7) is 1.80. The summed E-state index contributed by atoms with van der Waals surface area (Å²) in [6.07, 6.45) is 3.00. The Morgan fingerprint density at radius 2 is 2.30 bits per heavy atom. The van der Waals surface area contributed by atoms with Crippen LogP contribution in [0.4, 0.5) is 5.69 Å². The van der Waals surface area contributed by atoms with Crippen LogP contribution in [0.5, 0.6) is 0 Å². The monoisotopic (exact) mass is 269 g/mol. The van der Waals surface area contributed by atoms with Gasteiger partial charge in [-0.3, -0.25) is 9.89 Å². The van der Waals surface area contributed by atoms with Crippen LogP contribution in [0.15, 0.2) is 36.7 Å². The predicted molar refractivity (Wildman–Crippen MR) is 70.4 cm³/mol. The molecule has 1 aromatic carbocycles. The van der Waals surface area contributed by atoms with Gasteiger partial charge in [0.05, 0.1) is 17.4 Å². The highest BCUT2D eigenvalue weighted by molar-refractivity contribution is 6.03. The Morgan fingerprint density at radius 3 is 3.00 bits per heavy atom. The molecule has 2 aromatic heterocycles. The lowest BCUT2D eigenvalue weighted by molar-refractivity contribution is 0.102. The molecule has 0 radical (unpaired) electrons. The van der Waals surface area contributed by atoms with Crippen molar-refractivity contribution < 1.29 is 4.79 Å². The van der Waals surface area contributed by atoms with Gasteiger partial charge in [-0.2, -0.15) is 9.78 Å². The van der Waals surface area contributed by atoms with Gasteiger partial charge in [0.2, 0.25) is 0 Å². The van der Waals surface area contributed by atoms with E-state index >= 15 is 0 Å². The number of anilines is 1. The zero-order valence-corrected chi connectivity index (χ0v) is 10.6. The van der Waals surface area contributed by atoms with Crippen molar-refractivity contribution in [1.29, 1.82) is 0 Å². The minimum atomic E-state index is -0.232. The lowest BCUT2D eigenvalue weighted by Crippen LogP contribution is -2.11. The van der Waals surface area contributed by atoms with E-state index in [0.29, 0.717) is 17.1 Å². The predicted octanol–water partition coefficient (Wildman–Crippen LogP) is 0.946. The van der Waals surface area contributed by atoms with Gasteiger partial charge in [0.1, 0.15) is 0 Å². The van der Waals surface area contributed by atoms with Crippen LogP contribution >= 0.6 is 0 Å². The first-order valence-corrected chi connectivity index (χ1v) is 5.89. The molecule has 0 fully saturated rings. The van der Waals surface area contributed by atoms with Crippen molar-refractivity contribution in [3.8, 4) is 5.69 Å². The average Bonchev–Trinajstić information content (AvgIpc) is 3.10. The minimum Gasteiger partial charge on any atom is -0.322 e. The van der Waals surface area contributed by atoms with Crippen molar-refractivity contribution in [2.24, 2.45) is 0 Å². The molecule has 0 spiro atoms. The van der Waals surface area contributed by atoms with Gasteiger partial charge in [-0.1, -0.05) is 6.07 Å². The first-order valence-electron chi connectivity index (χ1n) is 5.89. The minimum absolute atomic E-state index is 0.232. The summed E-state index contributed by atoms with van der Waals surface area (Å²) in [5.41, 5.74) is 1.90. The molecule has 2 heterocycles. The van der Waals surface area contributed by atoms with Crippen molar-refractivity contribution >= 4 is 11.6 Å². The molecule has 1 amide bonds. The van der Waals surface area contributed by atoms with E-state index < -0.39 is 0 Å². The zero-order chi connectivity index (χ0) is 13.9. The fourth-order valence-corrected chi connectivity index (χ4v) is 1.76. The van der Waals surface area contributed by atoms with Gasteiger partial charge in [0, 0.05) is 11.9 Å². The van der Waals surface area contributed by atoms with Gasteiger partial charge >= 0.3 is 0 Å². The quantitative estimate of drug-likeness (QED) is 0.737. The molecule has 0 bridgehead atoms. The number of aromatic nitrogens is 6. The molecule has 0 saturated heterocycles. The van der Waals surface area contributed by atoms with Gasteiger partial charge in [-0.25, -0.2) is 0 Å². The number of benzene rings is 1. The second-order valence-electron chi connectivity index (χ2n) is 4.13. The van der Waals surface area contributed by atoms with E-state index in [4.69, 9.17) is 0 Å². The lowest BCUT2D eigenvalue weighted by Gasteiger charge is -2.06. The van der Waals surface area contributed by atoms with E-state index in [1.165, 1.54) is 12.4 Å². The van der Waals surface area contributed by atoms with Crippen molar-refractivity contribution in [2.45, 2.75) is 6.92 Å². The third kappa shape index (κ3) is 2.26. The Balaban J connectivity index is 1.85. The fraction of sp³-hybridized carbons (Fsp3) is 0.0833. The highest BCUT2D eigenvalue weighted by atomic mass is 16.1. The molecule has 3 aromatic rings. The van der Waals surface area contributed by atoms with Crippen LogP contribution in [-0.2, 0) is 0 Å². The number of hydrogen-bond acceptors (Lipinski definition) is 5. The summed E-state index contributed by atoms with van der Waals surface area (Å²) in [7, 11) is 0. The summed E-state index contributed by atoms with van der Waals surface area (Å²) in [6, 6.07) is 7.26. The molecule has 3 rings (SSSR count). The second kappa shape index (κ2) is 4.92. The molecule has 0 aliphatic rings. The number of rotatable bonds is 3. The smallest absolute Gasteiger partial charge is 0.258 e. The third-order valence-electron chi connectivity index (χ3n) is 2.73. The lowest BCUT2D eigenvalue weighted by atomic mass is 10.2. The van der Waals surface area contributed by atoms with Crippen LogP contribution in [0, 0.1) is 6.92 Å². The number of carbonyl (C=O) groups is 1. The Hall–Kier alpha value is -3.03. The Labute approximate surface area is 113 Å². The average molecular weight is 269 g/mol. The molecule has 20 heavy (non-hydrogen) atoms. The number of carbonyl (C=O) groups excluding carboxylic acids is 1. The number of tetrazole rings is 1. The van der Waals surface area contributed by atoms with Crippen molar-refractivity contribution in [3.63, 3.8) is 0 Å². The Kier molecular flexibility index (Phi) is 2.96. The molecular formula is C12H11N7O. The normalized spacial score (nSPS) is 10.4. The molecule has 0 saturated carbocycles. The van der Waals surface area contributed by atoms with Crippen LogP contribution < -0.4 is 5.32 Å². The summed E-state index contributed by atoms with van der Waals surface area (Å²) >= 11 is 0. The number of H-pyrrole nitrogens is 1. The highest BCUT2D eigenvalue weighted by Gasteiger charge is 2.08. The molecule has 100 valence electrons. The number of hydrogen-bond donors (Lipinski definition) is 2. The van der Waals surface area contributed by atoms with Gasteiger partial charge in [0.15, 0.2) is 5.82 Å². The molecule has 8 heteroatoms. The van der Waals surface area contributed by atoms with E-state index in [1.54, 1.807) is 23.7 Å². The van der Waals surface area contributed by atoms with Crippen molar-refractivity contribution in [2.75, 3.05) is 5.32 Å². The third-order valence-corrected chi connectivity index (χ3v) is 2.73. The maximum atomic E-state index is 11.9. The van der Waals surface area contributed by atoms with Gasteiger partial charge in [-0.05, 0) is 35.5 Å². The Bertz CT molecular complexity index is 732. The maximum absolute atomic E-state index is 11.9. The molecule has 2 N–H and O–H groups in total. The van der Waals surface area contributed by atoms with Gasteiger partial charge in [0.25, 0.3) is 5.91 Å². The van der Waals surface area contributed by atoms with Crippen LogP contribution in [0.1, 0.15) is 16.2 Å². The SMILES string of the molecule is Cc1nnnn1-c1cccc(NC(=O)c2cn[nH]c2)c1. The first-order chi connectivity index (χ1) is 9.74. The molecule has 8 nitrogen and oxygen atoms in total. The summed E-state index contributed by atoms with van der Waals surface area (Å²) in [5.74, 6) is 0.438. The van der Waals surface area contributed by atoms with E-state index in [0.717, 1.165) is 5.69 Å². The maximum Gasteiger partial charge on any atom is 0.258 e. The summed E-state index contributed by atoms with van der Waals surface area (Å²) in [5, 5.41) is 20.4. The van der Waals surface area contributed by atoms with E-state index in [-0.39, 0.29) is 5.91 Å². The summed E-state index contributed by atoms with van der Waals surface area (Å²) in [4.78, 5) is 11.9. The molecule has 0 unspecified atom stereocenters. The number of nitrogens with one attached hydrogen (secondary N) is 2. The van der Waals surface area contributed by atoms with Crippen molar-refractivity contribution in [1.82, 2.24) is 30.4 Å². The van der Waals surface area contributed by atoms with Crippen molar-refractivity contribution in [3.05, 3.63) is 48.0 Å².